The van der Waals surface area contributed by atoms with Crippen LogP contribution >= 0.6 is 11.7 Å². The van der Waals surface area contributed by atoms with E-state index >= 15 is 0 Å². The Labute approximate surface area is 193 Å². The van der Waals surface area contributed by atoms with Crippen molar-refractivity contribution in [2.75, 3.05) is 64.9 Å². The first-order valence-electron chi connectivity index (χ1n) is 11.2. The van der Waals surface area contributed by atoms with E-state index in [-0.39, 0.29) is 5.75 Å². The van der Waals surface area contributed by atoms with E-state index in [4.69, 9.17) is 9.84 Å². The number of piperazine rings is 1. The molecule has 172 valence electrons. The Kier molecular flexibility index (Phi) is 7.72. The number of piperidine rings is 1. The first kappa shape index (κ1) is 22.7. The normalized spacial score (nSPS) is 18.4. The first-order valence-corrected chi connectivity index (χ1v) is 11.9. The number of likely N-dealkylation sites (N-methyl/N-ethyl adjacent to an activating group) is 1. The van der Waals surface area contributed by atoms with E-state index in [1.165, 1.54) is 63.0 Å². The van der Waals surface area contributed by atoms with E-state index in [0.29, 0.717) is 0 Å². The molecule has 0 saturated carbocycles. The number of anilines is 1. The van der Waals surface area contributed by atoms with Gasteiger partial charge in [-0.15, -0.1) is 0 Å². The van der Waals surface area contributed by atoms with Crippen molar-refractivity contribution in [3.63, 3.8) is 0 Å². The van der Waals surface area contributed by atoms with Gasteiger partial charge >= 0.3 is 0 Å². The third-order valence-corrected chi connectivity index (χ3v) is 6.80. The molecule has 5 rings (SSSR count). The molecule has 2 aliphatic heterocycles. The number of pyridine rings is 1. The third kappa shape index (κ3) is 5.85. The summed E-state index contributed by atoms with van der Waals surface area (Å²) in [7, 11) is 3.81. The molecule has 9 heteroatoms. The van der Waals surface area contributed by atoms with Crippen LogP contribution in [0.15, 0.2) is 36.5 Å². The zero-order valence-electron chi connectivity index (χ0n) is 18.9. The molecule has 2 aromatic heterocycles. The van der Waals surface area contributed by atoms with E-state index in [0.717, 1.165) is 35.9 Å². The zero-order valence-corrected chi connectivity index (χ0v) is 19.7. The van der Waals surface area contributed by atoms with Crippen LogP contribution in [0.4, 0.5) is 5.69 Å². The van der Waals surface area contributed by atoms with Gasteiger partial charge in [-0.05, 0) is 56.1 Å². The van der Waals surface area contributed by atoms with Gasteiger partial charge in [0.05, 0.1) is 24.5 Å². The Morgan fingerprint density at radius 1 is 1.00 bits per heavy atom. The number of methoxy groups -OCH3 is 1. The molecule has 0 spiro atoms. The number of phenols is 1. The van der Waals surface area contributed by atoms with E-state index in [9.17, 15) is 0 Å². The van der Waals surface area contributed by atoms with Gasteiger partial charge in [-0.1, -0.05) is 0 Å². The molecule has 4 heterocycles. The summed E-state index contributed by atoms with van der Waals surface area (Å²) in [6.45, 7) is 8.39. The maximum atomic E-state index is 8.80. The van der Waals surface area contributed by atoms with Crippen molar-refractivity contribution in [2.24, 2.45) is 5.92 Å². The van der Waals surface area contributed by atoms with Gasteiger partial charge in [0.15, 0.2) is 5.65 Å². The van der Waals surface area contributed by atoms with Gasteiger partial charge < -0.3 is 24.5 Å². The number of aromatic hydroxyl groups is 1. The standard InChI is InChI=1S/C16H24N6S.C7H8O2/c1-20-8-10-21(11-9-20)12-13-3-6-22(7-4-13)14-2-5-17-16-15(14)18-23-19-16;1-9-7-4-2-6(8)3-5-7/h2,5,13H,3-4,6-12H2,1H3;2-5,8H,1H3. The molecule has 0 radical (unpaired) electrons. The number of benzene rings is 1. The van der Waals surface area contributed by atoms with Crippen molar-refractivity contribution in [3.8, 4) is 11.5 Å². The molecule has 8 nitrogen and oxygen atoms in total. The number of rotatable bonds is 4. The fourth-order valence-electron chi connectivity index (χ4n) is 4.28. The number of aromatic nitrogens is 3. The van der Waals surface area contributed by atoms with Crippen molar-refractivity contribution in [2.45, 2.75) is 12.8 Å². The highest BCUT2D eigenvalue weighted by atomic mass is 32.1. The van der Waals surface area contributed by atoms with E-state index < -0.39 is 0 Å². The number of hydrogen-bond donors (Lipinski definition) is 1. The molecule has 0 atom stereocenters. The van der Waals surface area contributed by atoms with Crippen LogP contribution < -0.4 is 9.64 Å². The molecule has 0 amide bonds. The lowest BCUT2D eigenvalue weighted by Gasteiger charge is -2.38. The molecule has 2 aliphatic rings. The second-order valence-electron chi connectivity index (χ2n) is 8.50. The Bertz CT molecular complexity index is 966. The molecule has 0 bridgehead atoms. The van der Waals surface area contributed by atoms with Crippen molar-refractivity contribution < 1.29 is 9.84 Å². The van der Waals surface area contributed by atoms with Crippen molar-refractivity contribution >= 4 is 28.6 Å². The molecule has 1 N–H and O–H groups in total. The predicted octanol–water partition coefficient (Wildman–Crippen LogP) is 2.95. The monoisotopic (exact) mass is 456 g/mol. The molecule has 3 aromatic rings. The van der Waals surface area contributed by atoms with Crippen LogP contribution in [0, 0.1) is 5.92 Å². The Morgan fingerprint density at radius 3 is 2.41 bits per heavy atom. The highest BCUT2D eigenvalue weighted by Gasteiger charge is 2.24. The SMILES string of the molecule is CN1CCN(CC2CCN(c3ccnc4nsnc34)CC2)CC1.COc1ccc(O)cc1. The number of ether oxygens (including phenoxy) is 1. The predicted molar refractivity (Wildman–Crippen MR) is 129 cm³/mol. The van der Waals surface area contributed by atoms with Crippen LogP contribution in [0.3, 0.4) is 0 Å². The summed E-state index contributed by atoms with van der Waals surface area (Å²) in [5.74, 6) is 1.85. The molecule has 0 aliphatic carbocycles. The molecule has 2 saturated heterocycles. The summed E-state index contributed by atoms with van der Waals surface area (Å²) in [5, 5.41) is 8.80. The summed E-state index contributed by atoms with van der Waals surface area (Å²) < 4.78 is 13.5. The van der Waals surface area contributed by atoms with Gasteiger partial charge in [0.25, 0.3) is 0 Å². The highest BCUT2D eigenvalue weighted by Crippen LogP contribution is 2.28. The van der Waals surface area contributed by atoms with Crippen LogP contribution in [0.25, 0.3) is 11.2 Å². The summed E-state index contributed by atoms with van der Waals surface area (Å²) in [4.78, 5) is 11.8. The molecular formula is C23H32N6O2S. The molecule has 2 fully saturated rings. The van der Waals surface area contributed by atoms with Gasteiger partial charge in [0.1, 0.15) is 17.0 Å². The van der Waals surface area contributed by atoms with Crippen molar-refractivity contribution in [3.05, 3.63) is 36.5 Å². The number of hydrogen-bond acceptors (Lipinski definition) is 9. The average Bonchev–Trinajstić information content (AvgIpc) is 3.31. The lowest BCUT2D eigenvalue weighted by molar-refractivity contribution is 0.129. The third-order valence-electron chi connectivity index (χ3n) is 6.28. The van der Waals surface area contributed by atoms with Gasteiger partial charge in [-0.25, -0.2) is 4.98 Å². The maximum absolute atomic E-state index is 8.80. The van der Waals surface area contributed by atoms with Crippen LogP contribution in [-0.4, -0.2) is 88.6 Å². The maximum Gasteiger partial charge on any atom is 0.195 e. The van der Waals surface area contributed by atoms with E-state index in [1.54, 1.807) is 31.4 Å². The summed E-state index contributed by atoms with van der Waals surface area (Å²) in [6.07, 6.45) is 4.40. The molecule has 1 aromatic carbocycles. The Morgan fingerprint density at radius 2 is 1.72 bits per heavy atom. The minimum atomic E-state index is 0.260. The lowest BCUT2D eigenvalue weighted by atomic mass is 9.95. The Balaban J connectivity index is 0.000000230. The number of fused-ring (bicyclic) bond motifs is 1. The first-order chi connectivity index (χ1) is 15.6. The largest absolute Gasteiger partial charge is 0.508 e. The second-order valence-corrected chi connectivity index (χ2v) is 9.03. The van der Waals surface area contributed by atoms with Crippen LogP contribution in [0.2, 0.25) is 0 Å². The molecule has 32 heavy (non-hydrogen) atoms. The van der Waals surface area contributed by atoms with Crippen LogP contribution in [0.5, 0.6) is 11.5 Å². The minimum absolute atomic E-state index is 0.260. The Hall–Kier alpha value is -2.49. The van der Waals surface area contributed by atoms with Crippen molar-refractivity contribution in [1.82, 2.24) is 23.5 Å². The van der Waals surface area contributed by atoms with E-state index in [1.807, 2.05) is 6.20 Å². The molecular weight excluding hydrogens is 424 g/mol. The fraction of sp³-hybridized carbons (Fsp3) is 0.522. The summed E-state index contributed by atoms with van der Waals surface area (Å²) >= 11 is 1.26. The van der Waals surface area contributed by atoms with Crippen molar-refractivity contribution in [1.29, 1.82) is 0 Å². The summed E-state index contributed by atoms with van der Waals surface area (Å²) in [5.41, 5.74) is 2.96. The fourth-order valence-corrected chi connectivity index (χ4v) is 4.79. The number of nitrogens with zero attached hydrogens (tertiary/aromatic N) is 6. The minimum Gasteiger partial charge on any atom is -0.508 e. The van der Waals surface area contributed by atoms with Gasteiger partial charge in [-0.3, -0.25) is 0 Å². The number of phenolic OH excluding ortho intramolecular Hbond substituents is 1. The lowest BCUT2D eigenvalue weighted by Crippen LogP contribution is -2.47. The highest BCUT2D eigenvalue weighted by molar-refractivity contribution is 7.00. The summed E-state index contributed by atoms with van der Waals surface area (Å²) in [6, 6.07) is 8.66. The zero-order chi connectivity index (χ0) is 22.3. The van der Waals surface area contributed by atoms with E-state index in [2.05, 4.69) is 41.5 Å². The molecule has 0 unspecified atom stereocenters. The van der Waals surface area contributed by atoms with Gasteiger partial charge in [-0.2, -0.15) is 8.75 Å². The van der Waals surface area contributed by atoms with Crippen LogP contribution in [0.1, 0.15) is 12.8 Å². The van der Waals surface area contributed by atoms with Gasteiger partial charge in [0.2, 0.25) is 0 Å². The smallest absolute Gasteiger partial charge is 0.195 e. The van der Waals surface area contributed by atoms with Gasteiger partial charge in [0, 0.05) is 52.0 Å². The van der Waals surface area contributed by atoms with Crippen LogP contribution in [-0.2, 0) is 0 Å². The topological polar surface area (TPSA) is 77.9 Å². The second kappa shape index (κ2) is 10.9. The average molecular weight is 457 g/mol. The quantitative estimate of drug-likeness (QED) is 0.642.